The average Bonchev–Trinajstić information content (AvgIpc) is 2.81. The highest BCUT2D eigenvalue weighted by atomic mass is 32.1. The molecule has 0 atom stereocenters. The second-order valence-electron chi connectivity index (χ2n) is 6.63. The van der Waals surface area contributed by atoms with Crippen LogP contribution < -0.4 is 5.73 Å². The molecule has 2 rings (SSSR count). The zero-order chi connectivity index (χ0) is 18.3. The topological polar surface area (TPSA) is 59.2 Å². The van der Waals surface area contributed by atoms with Crippen molar-refractivity contribution >= 4 is 27.5 Å². The molecule has 0 fully saturated rings. The van der Waals surface area contributed by atoms with E-state index < -0.39 is 11.9 Å². The minimum absolute atomic E-state index is 0.220. The lowest BCUT2D eigenvalue weighted by atomic mass is 9.93. The monoisotopic (exact) mass is 359 g/mol. The Hall–Kier alpha value is -1.67. The first-order chi connectivity index (χ1) is 11.0. The molecule has 2 N–H and O–H groups in total. The van der Waals surface area contributed by atoms with Gasteiger partial charge in [-0.15, -0.1) is 11.3 Å². The standard InChI is InChI=1S/C16H20F3N3OS/c1-9-10-5-6-11(16(17,18)19)21-13(10)24-12(9)14(23)22(4)8-15(2,3)7-20/h5-6H,7-8,20H2,1-4H3. The predicted molar refractivity (Wildman–Crippen MR) is 89.2 cm³/mol. The van der Waals surface area contributed by atoms with E-state index in [1.807, 2.05) is 13.8 Å². The Bertz CT molecular complexity index is 768. The van der Waals surface area contributed by atoms with Crippen LogP contribution in [0.15, 0.2) is 12.1 Å². The molecule has 0 saturated carbocycles. The Kier molecular flexibility index (Phi) is 4.92. The number of carbonyl (C=O) groups is 1. The predicted octanol–water partition coefficient (Wildman–Crippen LogP) is 3.68. The largest absolute Gasteiger partial charge is 0.433 e. The summed E-state index contributed by atoms with van der Waals surface area (Å²) < 4.78 is 38.4. The number of aromatic nitrogens is 1. The number of fused-ring (bicyclic) bond motifs is 1. The normalized spacial score (nSPS) is 12.7. The fourth-order valence-electron chi connectivity index (χ4n) is 2.41. The molecule has 2 aromatic rings. The maximum Gasteiger partial charge on any atom is 0.433 e. The fraction of sp³-hybridized carbons (Fsp3) is 0.500. The van der Waals surface area contributed by atoms with Crippen LogP contribution in [0, 0.1) is 12.3 Å². The number of pyridine rings is 1. The van der Waals surface area contributed by atoms with Crippen molar-refractivity contribution in [1.29, 1.82) is 0 Å². The highest BCUT2D eigenvalue weighted by molar-refractivity contribution is 7.20. The minimum atomic E-state index is -4.50. The average molecular weight is 359 g/mol. The summed E-state index contributed by atoms with van der Waals surface area (Å²) in [5.74, 6) is -0.231. The van der Waals surface area contributed by atoms with Crippen LogP contribution in [0.25, 0.3) is 10.2 Å². The van der Waals surface area contributed by atoms with Crippen LogP contribution in [-0.2, 0) is 6.18 Å². The van der Waals surface area contributed by atoms with Crippen LogP contribution in [0.1, 0.15) is 34.8 Å². The van der Waals surface area contributed by atoms with Gasteiger partial charge in [0.05, 0.1) is 4.88 Å². The van der Waals surface area contributed by atoms with E-state index in [1.165, 1.54) is 6.07 Å². The van der Waals surface area contributed by atoms with E-state index in [2.05, 4.69) is 4.98 Å². The molecule has 0 saturated heterocycles. The summed E-state index contributed by atoms with van der Waals surface area (Å²) in [5, 5.41) is 0.572. The van der Waals surface area contributed by atoms with Crippen molar-refractivity contribution in [2.75, 3.05) is 20.1 Å². The highest BCUT2D eigenvalue weighted by Crippen LogP contribution is 2.34. The lowest BCUT2D eigenvalue weighted by Gasteiger charge is -2.28. The summed E-state index contributed by atoms with van der Waals surface area (Å²) >= 11 is 0.991. The number of nitrogens with zero attached hydrogens (tertiary/aromatic N) is 2. The van der Waals surface area contributed by atoms with Crippen LogP contribution in [0.2, 0.25) is 0 Å². The maximum atomic E-state index is 12.8. The van der Waals surface area contributed by atoms with E-state index in [0.29, 0.717) is 28.9 Å². The molecule has 0 aliphatic carbocycles. The summed E-state index contributed by atoms with van der Waals surface area (Å²) in [7, 11) is 1.66. The highest BCUT2D eigenvalue weighted by Gasteiger charge is 2.33. The molecule has 8 heteroatoms. The molecule has 1 amide bonds. The minimum Gasteiger partial charge on any atom is -0.340 e. The molecule has 0 spiro atoms. The van der Waals surface area contributed by atoms with Gasteiger partial charge in [-0.1, -0.05) is 13.8 Å². The zero-order valence-corrected chi connectivity index (χ0v) is 14.8. The van der Waals surface area contributed by atoms with Crippen molar-refractivity contribution in [3.63, 3.8) is 0 Å². The third-order valence-corrected chi connectivity index (χ3v) is 5.04. The van der Waals surface area contributed by atoms with Gasteiger partial charge in [-0.25, -0.2) is 4.98 Å². The summed E-state index contributed by atoms with van der Waals surface area (Å²) in [5.41, 5.74) is 5.15. The van der Waals surface area contributed by atoms with Gasteiger partial charge in [-0.2, -0.15) is 13.2 Å². The van der Waals surface area contributed by atoms with Gasteiger partial charge in [0.2, 0.25) is 0 Å². The van der Waals surface area contributed by atoms with Crippen molar-refractivity contribution in [2.45, 2.75) is 26.9 Å². The first-order valence-electron chi connectivity index (χ1n) is 7.39. The SMILES string of the molecule is Cc1c(C(=O)N(C)CC(C)(C)CN)sc2nc(C(F)(F)F)ccc12. The molecule has 24 heavy (non-hydrogen) atoms. The molecule has 0 unspecified atom stereocenters. The maximum absolute atomic E-state index is 12.8. The Morgan fingerprint density at radius 1 is 1.33 bits per heavy atom. The van der Waals surface area contributed by atoms with Crippen molar-refractivity contribution in [2.24, 2.45) is 11.1 Å². The van der Waals surface area contributed by atoms with Crippen LogP contribution in [0.3, 0.4) is 0 Å². The lowest BCUT2D eigenvalue weighted by Crippen LogP contribution is -2.39. The van der Waals surface area contributed by atoms with E-state index in [0.717, 1.165) is 17.4 Å². The van der Waals surface area contributed by atoms with Crippen molar-refractivity contribution < 1.29 is 18.0 Å². The van der Waals surface area contributed by atoms with Gasteiger partial charge in [0.1, 0.15) is 10.5 Å². The van der Waals surface area contributed by atoms with Gasteiger partial charge in [0, 0.05) is 19.0 Å². The molecule has 132 valence electrons. The van der Waals surface area contributed by atoms with E-state index in [4.69, 9.17) is 5.73 Å². The molecule has 4 nitrogen and oxygen atoms in total. The third kappa shape index (κ3) is 3.70. The first-order valence-corrected chi connectivity index (χ1v) is 8.21. The Morgan fingerprint density at radius 2 is 1.96 bits per heavy atom. The fourth-order valence-corrected chi connectivity index (χ4v) is 3.59. The van der Waals surface area contributed by atoms with Crippen LogP contribution >= 0.6 is 11.3 Å². The number of aryl methyl sites for hydroxylation is 1. The summed E-state index contributed by atoms with van der Waals surface area (Å²) in [6, 6.07) is 2.31. The number of rotatable bonds is 4. The number of alkyl halides is 3. The molecule has 0 aromatic carbocycles. The Labute approximate surface area is 142 Å². The third-order valence-electron chi connectivity index (χ3n) is 3.85. The van der Waals surface area contributed by atoms with Crippen LogP contribution in [0.5, 0.6) is 0 Å². The summed E-state index contributed by atoms with van der Waals surface area (Å²) in [4.78, 5) is 18.5. The van der Waals surface area contributed by atoms with Crippen molar-refractivity contribution in [1.82, 2.24) is 9.88 Å². The molecular weight excluding hydrogens is 339 g/mol. The molecule has 0 bridgehead atoms. The summed E-state index contributed by atoms with van der Waals surface area (Å²) in [6.45, 7) is 6.50. The van der Waals surface area contributed by atoms with Crippen molar-refractivity contribution in [3.05, 3.63) is 28.3 Å². The molecule has 0 aliphatic heterocycles. The smallest absolute Gasteiger partial charge is 0.340 e. The van der Waals surface area contributed by atoms with Gasteiger partial charge in [-0.05, 0) is 36.6 Å². The van der Waals surface area contributed by atoms with Crippen molar-refractivity contribution in [3.8, 4) is 0 Å². The number of thiophene rings is 1. The molecule has 0 aliphatic rings. The molecular formula is C16H20F3N3OS. The second-order valence-corrected chi connectivity index (χ2v) is 7.63. The van der Waals surface area contributed by atoms with Gasteiger partial charge >= 0.3 is 6.18 Å². The van der Waals surface area contributed by atoms with Gasteiger partial charge in [0.25, 0.3) is 5.91 Å². The molecule has 2 aromatic heterocycles. The van der Waals surface area contributed by atoms with E-state index >= 15 is 0 Å². The Morgan fingerprint density at radius 3 is 2.50 bits per heavy atom. The number of nitrogens with two attached hydrogens (primary N) is 1. The molecule has 0 radical (unpaired) electrons. The summed E-state index contributed by atoms with van der Waals surface area (Å²) in [6.07, 6.45) is -4.50. The van der Waals surface area contributed by atoms with Crippen LogP contribution in [0.4, 0.5) is 13.2 Å². The Balaban J connectivity index is 2.39. The van der Waals surface area contributed by atoms with Gasteiger partial charge in [0.15, 0.2) is 0 Å². The first kappa shape index (κ1) is 18.7. The second kappa shape index (κ2) is 6.33. The molecule has 2 heterocycles. The van der Waals surface area contributed by atoms with E-state index in [9.17, 15) is 18.0 Å². The van der Waals surface area contributed by atoms with Crippen LogP contribution in [-0.4, -0.2) is 35.9 Å². The zero-order valence-electron chi connectivity index (χ0n) is 14.0. The quantitative estimate of drug-likeness (QED) is 0.906. The lowest BCUT2D eigenvalue weighted by molar-refractivity contribution is -0.140. The number of amides is 1. The van der Waals surface area contributed by atoms with E-state index in [-0.39, 0.29) is 16.2 Å². The van der Waals surface area contributed by atoms with Gasteiger partial charge in [-0.3, -0.25) is 4.79 Å². The van der Waals surface area contributed by atoms with E-state index in [1.54, 1.807) is 18.9 Å². The number of hydrogen-bond donors (Lipinski definition) is 1. The number of hydrogen-bond acceptors (Lipinski definition) is 4. The number of halogens is 3. The van der Waals surface area contributed by atoms with Gasteiger partial charge < -0.3 is 10.6 Å². The number of carbonyl (C=O) groups excluding carboxylic acids is 1.